The van der Waals surface area contributed by atoms with Gasteiger partial charge in [0.15, 0.2) is 5.82 Å². The number of nitrogens with two attached hydrogens (primary N) is 1. The van der Waals surface area contributed by atoms with E-state index in [2.05, 4.69) is 31.8 Å². The number of hydrogen-bond acceptors (Lipinski definition) is 5. The number of hydrogen-bond donors (Lipinski definition) is 2. The van der Waals surface area contributed by atoms with Crippen LogP contribution in [0.5, 0.6) is 0 Å². The van der Waals surface area contributed by atoms with Crippen molar-refractivity contribution in [2.75, 3.05) is 6.54 Å². The predicted octanol–water partition coefficient (Wildman–Crippen LogP) is 0.618. The molecule has 102 valence electrons. The fraction of sp³-hybridized carbons (Fsp3) is 0.214. The van der Waals surface area contributed by atoms with Gasteiger partial charge >= 0.3 is 0 Å². The maximum atomic E-state index is 12.1. The number of aryl methyl sites for hydroxylation is 1. The lowest BCUT2D eigenvalue weighted by atomic mass is 10.0. The molecule has 0 unspecified atom stereocenters. The summed E-state index contributed by atoms with van der Waals surface area (Å²) in [6.45, 7) is 2.37. The standard InChI is InChI=1S/C14H14N4O2/c1-10-4-5-11(3-2-6-15)7-12(10)14(19)16-8-13-17-9-20-18-13/h4-5,7,9H,6,8,15H2,1H3,(H,16,19). The molecule has 1 amide bonds. The fourth-order valence-electron chi connectivity index (χ4n) is 1.62. The Labute approximate surface area is 116 Å². The summed E-state index contributed by atoms with van der Waals surface area (Å²) in [5.41, 5.74) is 7.52. The van der Waals surface area contributed by atoms with E-state index in [4.69, 9.17) is 5.73 Å². The van der Waals surface area contributed by atoms with Crippen LogP contribution in [0.2, 0.25) is 0 Å². The Morgan fingerprint density at radius 2 is 2.35 bits per heavy atom. The van der Waals surface area contributed by atoms with Crippen molar-refractivity contribution in [1.29, 1.82) is 0 Å². The third-order valence-corrected chi connectivity index (χ3v) is 2.63. The lowest BCUT2D eigenvalue weighted by molar-refractivity contribution is 0.0949. The highest BCUT2D eigenvalue weighted by Gasteiger charge is 2.10. The van der Waals surface area contributed by atoms with E-state index in [1.165, 1.54) is 6.39 Å². The van der Waals surface area contributed by atoms with Crippen LogP contribution in [0, 0.1) is 18.8 Å². The van der Waals surface area contributed by atoms with E-state index in [1.807, 2.05) is 19.1 Å². The van der Waals surface area contributed by atoms with Crippen LogP contribution >= 0.6 is 0 Å². The van der Waals surface area contributed by atoms with E-state index in [0.29, 0.717) is 11.4 Å². The molecule has 1 aromatic carbocycles. The number of aromatic nitrogens is 2. The average molecular weight is 270 g/mol. The zero-order chi connectivity index (χ0) is 14.4. The monoisotopic (exact) mass is 270 g/mol. The largest absolute Gasteiger partial charge is 0.345 e. The van der Waals surface area contributed by atoms with Crippen molar-refractivity contribution >= 4 is 5.91 Å². The molecule has 0 spiro atoms. The van der Waals surface area contributed by atoms with Crippen LogP contribution in [0.1, 0.15) is 27.3 Å². The molecule has 2 aromatic rings. The Bertz CT molecular complexity index is 654. The van der Waals surface area contributed by atoms with Crippen molar-refractivity contribution < 1.29 is 9.32 Å². The summed E-state index contributed by atoms with van der Waals surface area (Å²) in [4.78, 5) is 16.0. The summed E-state index contributed by atoms with van der Waals surface area (Å²) in [5, 5.41) is 6.35. The summed E-state index contributed by atoms with van der Waals surface area (Å²) >= 11 is 0. The molecule has 0 radical (unpaired) electrons. The maximum Gasteiger partial charge on any atom is 0.251 e. The molecule has 1 aromatic heterocycles. The SMILES string of the molecule is Cc1ccc(C#CCN)cc1C(=O)NCc1ncon1. The smallest absolute Gasteiger partial charge is 0.251 e. The minimum atomic E-state index is -0.205. The van der Waals surface area contributed by atoms with Gasteiger partial charge < -0.3 is 15.6 Å². The van der Waals surface area contributed by atoms with Gasteiger partial charge in [-0.2, -0.15) is 4.98 Å². The Balaban J connectivity index is 2.12. The Hall–Kier alpha value is -2.65. The van der Waals surface area contributed by atoms with Gasteiger partial charge in [0.05, 0.1) is 13.1 Å². The minimum absolute atomic E-state index is 0.205. The quantitative estimate of drug-likeness (QED) is 0.797. The van der Waals surface area contributed by atoms with Gasteiger partial charge in [-0.15, -0.1) is 0 Å². The molecule has 0 atom stereocenters. The van der Waals surface area contributed by atoms with E-state index in [0.717, 1.165) is 11.1 Å². The van der Waals surface area contributed by atoms with Gasteiger partial charge in [-0.1, -0.05) is 23.1 Å². The first-order chi connectivity index (χ1) is 9.70. The first-order valence-electron chi connectivity index (χ1n) is 6.03. The van der Waals surface area contributed by atoms with Crippen molar-refractivity contribution in [2.45, 2.75) is 13.5 Å². The highest BCUT2D eigenvalue weighted by Crippen LogP contribution is 2.10. The first kappa shape index (κ1) is 13.8. The van der Waals surface area contributed by atoms with Crippen LogP contribution < -0.4 is 11.1 Å². The molecule has 0 saturated heterocycles. The molecule has 3 N–H and O–H groups in total. The second-order valence-electron chi connectivity index (χ2n) is 4.07. The highest BCUT2D eigenvalue weighted by molar-refractivity contribution is 5.95. The van der Waals surface area contributed by atoms with Crippen molar-refractivity contribution in [3.8, 4) is 11.8 Å². The third-order valence-electron chi connectivity index (χ3n) is 2.63. The third kappa shape index (κ3) is 3.43. The number of rotatable bonds is 3. The molecule has 1 heterocycles. The molecular weight excluding hydrogens is 256 g/mol. The fourth-order valence-corrected chi connectivity index (χ4v) is 1.62. The predicted molar refractivity (Wildman–Crippen MR) is 72.6 cm³/mol. The van der Waals surface area contributed by atoms with Gasteiger partial charge in [0.2, 0.25) is 6.39 Å². The van der Waals surface area contributed by atoms with Gasteiger partial charge in [-0.25, -0.2) is 0 Å². The number of carbonyl (C=O) groups is 1. The Kier molecular flexibility index (Phi) is 4.47. The zero-order valence-corrected chi connectivity index (χ0v) is 11.0. The second-order valence-corrected chi connectivity index (χ2v) is 4.07. The Morgan fingerprint density at radius 3 is 3.05 bits per heavy atom. The van der Waals surface area contributed by atoms with E-state index in [1.54, 1.807) is 6.07 Å². The molecule has 0 aliphatic rings. The second kappa shape index (κ2) is 6.50. The van der Waals surface area contributed by atoms with Crippen LogP contribution in [0.4, 0.5) is 0 Å². The normalized spacial score (nSPS) is 9.70. The number of carbonyl (C=O) groups excluding carboxylic acids is 1. The number of nitrogens with zero attached hydrogens (tertiary/aromatic N) is 2. The van der Waals surface area contributed by atoms with Gasteiger partial charge in [-0.3, -0.25) is 4.79 Å². The number of benzene rings is 1. The van der Waals surface area contributed by atoms with E-state index < -0.39 is 0 Å². The molecule has 2 rings (SSSR count). The summed E-state index contributed by atoms with van der Waals surface area (Å²) < 4.78 is 4.60. The first-order valence-corrected chi connectivity index (χ1v) is 6.03. The van der Waals surface area contributed by atoms with Gasteiger partial charge in [-0.05, 0) is 24.6 Å². The molecule has 0 saturated carbocycles. The van der Waals surface area contributed by atoms with Crippen LogP contribution in [-0.4, -0.2) is 22.6 Å². The number of amides is 1. The lowest BCUT2D eigenvalue weighted by Crippen LogP contribution is -2.24. The van der Waals surface area contributed by atoms with E-state index in [9.17, 15) is 4.79 Å². The topological polar surface area (TPSA) is 94.0 Å². The molecule has 0 fully saturated rings. The van der Waals surface area contributed by atoms with Crippen molar-refractivity contribution in [1.82, 2.24) is 15.5 Å². The zero-order valence-electron chi connectivity index (χ0n) is 11.0. The summed E-state index contributed by atoms with van der Waals surface area (Å²) in [7, 11) is 0. The molecule has 20 heavy (non-hydrogen) atoms. The van der Waals surface area contributed by atoms with Crippen molar-refractivity contribution in [3.63, 3.8) is 0 Å². The van der Waals surface area contributed by atoms with E-state index >= 15 is 0 Å². The lowest BCUT2D eigenvalue weighted by Gasteiger charge is -2.06. The summed E-state index contributed by atoms with van der Waals surface area (Å²) in [6.07, 6.45) is 1.22. The average Bonchev–Trinajstić information content (AvgIpc) is 2.97. The molecule has 0 bridgehead atoms. The summed E-state index contributed by atoms with van der Waals surface area (Å²) in [6, 6.07) is 5.45. The minimum Gasteiger partial charge on any atom is -0.345 e. The van der Waals surface area contributed by atoms with Crippen LogP contribution in [0.15, 0.2) is 29.1 Å². The molecule has 6 heteroatoms. The van der Waals surface area contributed by atoms with Crippen LogP contribution in [-0.2, 0) is 6.54 Å². The molecule has 0 aliphatic carbocycles. The van der Waals surface area contributed by atoms with Crippen LogP contribution in [0.3, 0.4) is 0 Å². The Morgan fingerprint density at radius 1 is 1.50 bits per heavy atom. The van der Waals surface area contributed by atoms with Gasteiger partial charge in [0.1, 0.15) is 0 Å². The maximum absolute atomic E-state index is 12.1. The van der Waals surface area contributed by atoms with Crippen LogP contribution in [0.25, 0.3) is 0 Å². The van der Waals surface area contributed by atoms with Gasteiger partial charge in [0, 0.05) is 11.1 Å². The molecular formula is C14H14N4O2. The van der Waals surface area contributed by atoms with Crippen molar-refractivity contribution in [3.05, 3.63) is 47.1 Å². The number of nitrogens with one attached hydrogen (secondary N) is 1. The van der Waals surface area contributed by atoms with Gasteiger partial charge in [0.25, 0.3) is 5.91 Å². The summed E-state index contributed by atoms with van der Waals surface area (Å²) in [5.74, 6) is 5.88. The van der Waals surface area contributed by atoms with E-state index in [-0.39, 0.29) is 19.0 Å². The van der Waals surface area contributed by atoms with Crippen molar-refractivity contribution in [2.24, 2.45) is 5.73 Å². The molecule has 6 nitrogen and oxygen atoms in total. The molecule has 0 aliphatic heterocycles. The highest BCUT2D eigenvalue weighted by atomic mass is 16.5.